The van der Waals surface area contributed by atoms with Crippen molar-refractivity contribution in [3.8, 4) is 0 Å². The molecule has 0 atom stereocenters. The summed E-state index contributed by atoms with van der Waals surface area (Å²) in [7, 11) is 4.08. The molecule has 2 aromatic heterocycles. The molecule has 0 amide bonds. The Morgan fingerprint density at radius 2 is 2.00 bits per heavy atom. The molecule has 4 rings (SSSR count). The fourth-order valence-electron chi connectivity index (χ4n) is 2.72. The van der Waals surface area contributed by atoms with Crippen molar-refractivity contribution in [1.82, 2.24) is 10.2 Å². The Labute approximate surface area is 149 Å². The highest BCUT2D eigenvalue weighted by Crippen LogP contribution is 2.30. The molecule has 0 aliphatic heterocycles. The Balaban J connectivity index is 1.65. The lowest BCUT2D eigenvalue weighted by atomic mass is 10.2. The summed E-state index contributed by atoms with van der Waals surface area (Å²) >= 11 is 1.63. The third kappa shape index (κ3) is 2.87. The Bertz CT molecular complexity index is 1060. The van der Waals surface area contributed by atoms with E-state index in [2.05, 4.69) is 68.1 Å². The number of aromatic nitrogens is 3. The first-order valence-electron chi connectivity index (χ1n) is 8.14. The molecule has 0 saturated carbocycles. The zero-order chi connectivity index (χ0) is 17.4. The van der Waals surface area contributed by atoms with Gasteiger partial charge in [0.05, 0.1) is 28.6 Å². The number of azo groups is 1. The van der Waals surface area contributed by atoms with Gasteiger partial charge in [-0.1, -0.05) is 0 Å². The summed E-state index contributed by atoms with van der Waals surface area (Å²) in [5.41, 5.74) is 4.18. The maximum absolute atomic E-state index is 4.45. The van der Waals surface area contributed by atoms with Gasteiger partial charge in [0.2, 0.25) is 0 Å². The molecular formula is C18H19N6S+. The molecule has 0 bridgehead atoms. The summed E-state index contributed by atoms with van der Waals surface area (Å²) < 4.78 is 3.23. The second-order valence-corrected chi connectivity index (χ2v) is 6.96. The minimum Gasteiger partial charge on any atom is -0.375 e. The van der Waals surface area contributed by atoms with Crippen LogP contribution in [0.25, 0.3) is 21.1 Å². The molecule has 7 heteroatoms. The average molecular weight is 351 g/mol. The smallest absolute Gasteiger partial charge is 0.375 e. The summed E-state index contributed by atoms with van der Waals surface area (Å²) in [6, 6.07) is 12.4. The molecule has 126 valence electrons. The van der Waals surface area contributed by atoms with E-state index in [-0.39, 0.29) is 0 Å². The molecule has 0 unspecified atom stereocenters. The number of nitrogens with one attached hydrogen (secondary N) is 1. The lowest BCUT2D eigenvalue weighted by Crippen LogP contribution is -2.25. The standard InChI is InChI=1S/C18H19N6S/c1-4-23(2)14-7-5-13(6-8-14)20-22-18-24(3)16-10-15-12(11-19-21-15)9-17(16)25-18/h5-11H,4H2,1-3H3,(H,19,21)/q+1. The van der Waals surface area contributed by atoms with E-state index in [1.54, 1.807) is 11.3 Å². The van der Waals surface area contributed by atoms with E-state index in [1.165, 1.54) is 10.4 Å². The van der Waals surface area contributed by atoms with Crippen LogP contribution >= 0.6 is 11.3 Å². The van der Waals surface area contributed by atoms with Crippen LogP contribution in [0.4, 0.5) is 16.5 Å². The third-order valence-corrected chi connectivity index (χ3v) is 5.47. The van der Waals surface area contributed by atoms with Gasteiger partial charge < -0.3 is 4.90 Å². The quantitative estimate of drug-likeness (QED) is 0.435. The fraction of sp³-hybridized carbons (Fsp3) is 0.222. The van der Waals surface area contributed by atoms with Crippen molar-refractivity contribution in [2.45, 2.75) is 6.92 Å². The number of hydrogen-bond acceptors (Lipinski definition) is 5. The van der Waals surface area contributed by atoms with E-state index in [0.29, 0.717) is 0 Å². The van der Waals surface area contributed by atoms with Gasteiger partial charge in [0.1, 0.15) is 11.2 Å². The van der Waals surface area contributed by atoms with Crippen molar-refractivity contribution >= 4 is 49.0 Å². The molecule has 1 N–H and O–H groups in total. The van der Waals surface area contributed by atoms with Crippen molar-refractivity contribution in [3.05, 3.63) is 42.6 Å². The number of nitrogens with zero attached hydrogens (tertiary/aromatic N) is 5. The van der Waals surface area contributed by atoms with E-state index in [9.17, 15) is 0 Å². The number of benzene rings is 2. The number of aromatic amines is 1. The number of fused-ring (bicyclic) bond motifs is 2. The summed E-state index contributed by atoms with van der Waals surface area (Å²) in [6.45, 7) is 3.11. The van der Waals surface area contributed by atoms with E-state index >= 15 is 0 Å². The highest BCUT2D eigenvalue weighted by atomic mass is 32.1. The van der Waals surface area contributed by atoms with Crippen LogP contribution in [0.5, 0.6) is 0 Å². The minimum absolute atomic E-state index is 0.849. The molecule has 0 spiro atoms. The van der Waals surface area contributed by atoms with Crippen LogP contribution in [-0.2, 0) is 7.05 Å². The van der Waals surface area contributed by atoms with Crippen molar-refractivity contribution in [3.63, 3.8) is 0 Å². The average Bonchev–Trinajstić information content (AvgIpc) is 3.22. The number of aryl methyl sites for hydroxylation is 1. The first-order valence-corrected chi connectivity index (χ1v) is 8.96. The summed E-state index contributed by atoms with van der Waals surface area (Å²) in [6.07, 6.45) is 1.84. The van der Waals surface area contributed by atoms with Gasteiger partial charge in [-0.15, -0.1) is 0 Å². The molecule has 25 heavy (non-hydrogen) atoms. The molecule has 0 aliphatic carbocycles. The van der Waals surface area contributed by atoms with Gasteiger partial charge in [-0.3, -0.25) is 5.10 Å². The van der Waals surface area contributed by atoms with Crippen molar-refractivity contribution in [2.24, 2.45) is 17.3 Å². The van der Waals surface area contributed by atoms with Crippen LogP contribution in [0, 0.1) is 0 Å². The molecule has 2 heterocycles. The van der Waals surface area contributed by atoms with Crippen LogP contribution < -0.4 is 9.47 Å². The van der Waals surface area contributed by atoms with E-state index in [0.717, 1.165) is 33.8 Å². The summed E-state index contributed by atoms with van der Waals surface area (Å²) in [5, 5.41) is 17.9. The predicted molar refractivity (Wildman–Crippen MR) is 102 cm³/mol. The molecule has 0 radical (unpaired) electrons. The zero-order valence-corrected chi connectivity index (χ0v) is 15.2. The van der Waals surface area contributed by atoms with Gasteiger partial charge in [-0.2, -0.15) is 5.10 Å². The highest BCUT2D eigenvalue weighted by Gasteiger charge is 2.17. The second-order valence-electron chi connectivity index (χ2n) is 5.95. The maximum Gasteiger partial charge on any atom is 0.409 e. The Morgan fingerprint density at radius 3 is 2.76 bits per heavy atom. The zero-order valence-electron chi connectivity index (χ0n) is 14.4. The van der Waals surface area contributed by atoms with Crippen LogP contribution in [0.1, 0.15) is 6.92 Å². The van der Waals surface area contributed by atoms with Crippen LogP contribution in [0.2, 0.25) is 0 Å². The molecule has 6 nitrogen and oxygen atoms in total. The number of anilines is 1. The highest BCUT2D eigenvalue weighted by molar-refractivity contribution is 7.21. The first-order chi connectivity index (χ1) is 12.2. The van der Waals surface area contributed by atoms with Crippen molar-refractivity contribution in [2.75, 3.05) is 18.5 Å². The minimum atomic E-state index is 0.849. The number of hydrogen-bond donors (Lipinski definition) is 1. The monoisotopic (exact) mass is 351 g/mol. The lowest BCUT2D eigenvalue weighted by Gasteiger charge is -2.15. The van der Waals surface area contributed by atoms with Gasteiger partial charge in [-0.05, 0) is 53.7 Å². The van der Waals surface area contributed by atoms with Gasteiger partial charge in [0, 0.05) is 30.7 Å². The molecular weight excluding hydrogens is 332 g/mol. The largest absolute Gasteiger partial charge is 0.409 e. The van der Waals surface area contributed by atoms with Crippen LogP contribution in [0.3, 0.4) is 0 Å². The van der Waals surface area contributed by atoms with Crippen molar-refractivity contribution < 1.29 is 4.57 Å². The molecule has 4 aromatic rings. The number of rotatable bonds is 4. The Kier molecular flexibility index (Phi) is 3.93. The van der Waals surface area contributed by atoms with E-state index in [1.807, 2.05) is 25.4 Å². The Hall–Kier alpha value is -2.80. The normalized spacial score (nSPS) is 11.8. The summed E-state index contributed by atoms with van der Waals surface area (Å²) in [4.78, 5) is 2.18. The van der Waals surface area contributed by atoms with E-state index < -0.39 is 0 Å². The van der Waals surface area contributed by atoms with Gasteiger partial charge in [-0.25, -0.2) is 4.57 Å². The maximum atomic E-state index is 4.45. The lowest BCUT2D eigenvalue weighted by molar-refractivity contribution is -0.627. The van der Waals surface area contributed by atoms with Crippen LogP contribution in [0.15, 0.2) is 52.8 Å². The number of H-pyrrole nitrogens is 1. The Morgan fingerprint density at radius 1 is 1.20 bits per heavy atom. The van der Waals surface area contributed by atoms with Gasteiger partial charge in [0.25, 0.3) is 0 Å². The molecule has 0 aliphatic rings. The second kappa shape index (κ2) is 6.25. The van der Waals surface area contributed by atoms with Gasteiger partial charge >= 0.3 is 5.13 Å². The third-order valence-electron chi connectivity index (χ3n) is 4.39. The molecule has 0 saturated heterocycles. The number of thiazole rings is 1. The SMILES string of the molecule is CCN(C)c1ccc(N=Nc2sc3cc4cn[nH]c4cc3[n+]2C)cc1. The van der Waals surface area contributed by atoms with Crippen LogP contribution in [-0.4, -0.2) is 23.8 Å². The topological polar surface area (TPSA) is 60.5 Å². The van der Waals surface area contributed by atoms with Crippen molar-refractivity contribution in [1.29, 1.82) is 0 Å². The van der Waals surface area contributed by atoms with Gasteiger partial charge in [0.15, 0.2) is 0 Å². The summed E-state index contributed by atoms with van der Waals surface area (Å²) in [5.74, 6) is 0. The molecule has 0 fully saturated rings. The molecule has 2 aromatic carbocycles. The van der Waals surface area contributed by atoms with E-state index in [4.69, 9.17) is 0 Å². The fourth-order valence-corrected chi connectivity index (χ4v) is 3.72. The predicted octanol–water partition coefficient (Wildman–Crippen LogP) is 4.47. The first kappa shape index (κ1) is 15.7.